The molecule has 1 aliphatic heterocycles. The molecule has 0 spiro atoms. The van der Waals surface area contributed by atoms with Gasteiger partial charge < -0.3 is 9.88 Å². The minimum atomic E-state index is -3.58. The average molecular weight is 426 g/mol. The highest BCUT2D eigenvalue weighted by Crippen LogP contribution is 2.26. The first-order chi connectivity index (χ1) is 14.5. The largest absolute Gasteiger partial charge is 0.347 e. The van der Waals surface area contributed by atoms with Crippen LogP contribution in [0.3, 0.4) is 0 Å². The minimum absolute atomic E-state index is 0.129. The molecule has 158 valence electrons. The number of sulfonamides is 1. The summed E-state index contributed by atoms with van der Waals surface area (Å²) < 4.78 is 29.5. The Balaban J connectivity index is 1.46. The standard InChI is InChI=1S/C23H27N3O3S/c1-2-13-25-15-12-18-16-20(10-11-22(18)25)24-23(27)19-7-6-14-26(17-19)30(28,29)21-8-4-3-5-9-21/h3-5,8-12,15-16,19H,2,6-7,13-14,17H2,1H3,(H,24,27). The van der Waals surface area contributed by atoms with Crippen molar-refractivity contribution in [3.05, 3.63) is 60.8 Å². The highest BCUT2D eigenvalue weighted by atomic mass is 32.2. The highest BCUT2D eigenvalue weighted by Gasteiger charge is 2.33. The second-order valence-corrected chi connectivity index (χ2v) is 9.73. The number of benzene rings is 2. The van der Waals surface area contributed by atoms with Crippen LogP contribution in [0.1, 0.15) is 26.2 Å². The van der Waals surface area contributed by atoms with E-state index in [9.17, 15) is 13.2 Å². The summed E-state index contributed by atoms with van der Waals surface area (Å²) in [5.74, 6) is -0.493. The molecular formula is C23H27N3O3S. The van der Waals surface area contributed by atoms with Crippen LogP contribution in [0.15, 0.2) is 65.7 Å². The monoisotopic (exact) mass is 425 g/mol. The Morgan fingerprint density at radius 3 is 2.70 bits per heavy atom. The number of anilines is 1. The van der Waals surface area contributed by atoms with Gasteiger partial charge in [-0.15, -0.1) is 0 Å². The molecule has 1 N–H and O–H groups in total. The zero-order chi connectivity index (χ0) is 21.1. The molecule has 2 heterocycles. The van der Waals surface area contributed by atoms with Gasteiger partial charge in [-0.25, -0.2) is 8.42 Å². The highest BCUT2D eigenvalue weighted by molar-refractivity contribution is 7.89. The van der Waals surface area contributed by atoms with Gasteiger partial charge in [-0.1, -0.05) is 25.1 Å². The molecule has 1 fully saturated rings. The first-order valence-electron chi connectivity index (χ1n) is 10.4. The molecule has 0 saturated carbocycles. The number of hydrogen-bond donors (Lipinski definition) is 1. The van der Waals surface area contributed by atoms with Crippen molar-refractivity contribution in [3.8, 4) is 0 Å². The van der Waals surface area contributed by atoms with Gasteiger partial charge in [-0.2, -0.15) is 4.31 Å². The van der Waals surface area contributed by atoms with Crippen molar-refractivity contribution in [2.24, 2.45) is 5.92 Å². The third-order valence-corrected chi connectivity index (χ3v) is 7.52. The molecule has 1 aliphatic rings. The number of aromatic nitrogens is 1. The van der Waals surface area contributed by atoms with Crippen molar-refractivity contribution >= 4 is 32.5 Å². The molecule has 0 aliphatic carbocycles. The first kappa shape index (κ1) is 20.6. The van der Waals surface area contributed by atoms with Gasteiger partial charge >= 0.3 is 0 Å². The van der Waals surface area contributed by atoms with Crippen LogP contribution in [-0.2, 0) is 21.4 Å². The van der Waals surface area contributed by atoms with Crippen LogP contribution in [-0.4, -0.2) is 36.3 Å². The Kier molecular flexibility index (Phi) is 5.92. The third kappa shape index (κ3) is 4.13. The van der Waals surface area contributed by atoms with Gasteiger partial charge in [-0.3, -0.25) is 4.79 Å². The summed E-state index contributed by atoms with van der Waals surface area (Å²) in [4.78, 5) is 13.2. The van der Waals surface area contributed by atoms with Crippen LogP contribution in [0.2, 0.25) is 0 Å². The number of hydrogen-bond acceptors (Lipinski definition) is 3. The van der Waals surface area contributed by atoms with Crippen molar-refractivity contribution in [2.75, 3.05) is 18.4 Å². The molecule has 6 nitrogen and oxygen atoms in total. The van der Waals surface area contributed by atoms with Crippen molar-refractivity contribution in [1.82, 2.24) is 8.87 Å². The maximum atomic E-state index is 12.9. The van der Waals surface area contributed by atoms with Crippen molar-refractivity contribution in [1.29, 1.82) is 0 Å². The average Bonchev–Trinajstić information content (AvgIpc) is 3.17. The molecule has 1 aromatic heterocycles. The van der Waals surface area contributed by atoms with E-state index in [0.717, 1.165) is 29.6 Å². The van der Waals surface area contributed by atoms with Gasteiger partial charge in [0.2, 0.25) is 15.9 Å². The SMILES string of the molecule is CCCn1ccc2cc(NC(=O)C3CCCN(S(=O)(=O)c4ccccc4)C3)ccc21. The van der Waals surface area contributed by atoms with Gasteiger partial charge in [-0.05, 0) is 55.7 Å². The number of nitrogens with zero attached hydrogens (tertiary/aromatic N) is 2. The number of piperidine rings is 1. The summed E-state index contributed by atoms with van der Waals surface area (Å²) in [7, 11) is -3.58. The second kappa shape index (κ2) is 8.62. The topological polar surface area (TPSA) is 71.4 Å². The van der Waals surface area contributed by atoms with Crippen molar-refractivity contribution < 1.29 is 13.2 Å². The van der Waals surface area contributed by atoms with Crippen LogP contribution < -0.4 is 5.32 Å². The summed E-state index contributed by atoms with van der Waals surface area (Å²) in [5.41, 5.74) is 1.89. The lowest BCUT2D eigenvalue weighted by atomic mass is 9.98. The van der Waals surface area contributed by atoms with E-state index in [0.29, 0.717) is 19.4 Å². The smallest absolute Gasteiger partial charge is 0.243 e. The maximum Gasteiger partial charge on any atom is 0.243 e. The molecule has 1 atom stereocenters. The molecule has 0 radical (unpaired) electrons. The number of fused-ring (bicyclic) bond motifs is 1. The van der Waals surface area contributed by atoms with Gasteiger partial charge in [0.25, 0.3) is 0 Å². The summed E-state index contributed by atoms with van der Waals surface area (Å²) in [6.45, 7) is 3.75. The normalized spacial score (nSPS) is 17.8. The summed E-state index contributed by atoms with van der Waals surface area (Å²) in [6, 6.07) is 16.4. The van der Waals surface area contributed by atoms with Crippen LogP contribution in [0.5, 0.6) is 0 Å². The van der Waals surface area contributed by atoms with E-state index in [-0.39, 0.29) is 23.3 Å². The van der Waals surface area contributed by atoms with Crippen LogP contribution in [0.25, 0.3) is 10.9 Å². The third-order valence-electron chi connectivity index (χ3n) is 5.64. The number of carbonyl (C=O) groups is 1. The minimum Gasteiger partial charge on any atom is -0.347 e. The fourth-order valence-electron chi connectivity index (χ4n) is 4.07. The van der Waals surface area contributed by atoms with Crippen molar-refractivity contribution in [2.45, 2.75) is 37.6 Å². The van der Waals surface area contributed by atoms with E-state index in [1.807, 2.05) is 18.2 Å². The Bertz CT molecular complexity index is 1140. The first-order valence-corrected chi connectivity index (χ1v) is 11.9. The Morgan fingerprint density at radius 1 is 1.13 bits per heavy atom. The van der Waals surface area contributed by atoms with Crippen LogP contribution in [0.4, 0.5) is 5.69 Å². The number of rotatable bonds is 6. The summed E-state index contributed by atoms with van der Waals surface area (Å²) in [6.07, 6.45) is 4.48. The number of nitrogens with one attached hydrogen (secondary N) is 1. The Morgan fingerprint density at radius 2 is 1.93 bits per heavy atom. The molecule has 1 unspecified atom stereocenters. The molecule has 30 heavy (non-hydrogen) atoms. The summed E-state index contributed by atoms with van der Waals surface area (Å²) >= 11 is 0. The van der Waals surface area contributed by atoms with E-state index >= 15 is 0 Å². The molecule has 1 amide bonds. The van der Waals surface area contributed by atoms with Crippen LogP contribution >= 0.6 is 0 Å². The molecule has 4 rings (SSSR count). The van der Waals surface area contributed by atoms with Gasteiger partial charge in [0, 0.05) is 42.4 Å². The molecular weight excluding hydrogens is 398 g/mol. The van der Waals surface area contributed by atoms with Crippen molar-refractivity contribution in [3.63, 3.8) is 0 Å². The zero-order valence-corrected chi connectivity index (χ0v) is 17.9. The van der Waals surface area contributed by atoms with E-state index in [2.05, 4.69) is 29.1 Å². The fourth-order valence-corrected chi connectivity index (χ4v) is 5.62. The zero-order valence-electron chi connectivity index (χ0n) is 17.1. The molecule has 3 aromatic rings. The molecule has 1 saturated heterocycles. The summed E-state index contributed by atoms with van der Waals surface area (Å²) in [5, 5.41) is 4.07. The number of carbonyl (C=O) groups excluding carboxylic acids is 1. The van der Waals surface area contributed by atoms with Crippen LogP contribution in [0, 0.1) is 5.92 Å². The van der Waals surface area contributed by atoms with Gasteiger partial charge in [0.1, 0.15) is 0 Å². The second-order valence-electron chi connectivity index (χ2n) is 7.79. The van der Waals surface area contributed by atoms with Gasteiger partial charge in [0.05, 0.1) is 10.8 Å². The van der Waals surface area contributed by atoms with Gasteiger partial charge in [0.15, 0.2) is 0 Å². The lowest BCUT2D eigenvalue weighted by Gasteiger charge is -2.31. The molecule has 7 heteroatoms. The molecule has 2 aromatic carbocycles. The van der Waals surface area contributed by atoms with E-state index < -0.39 is 10.0 Å². The Labute approximate surface area is 177 Å². The van der Waals surface area contributed by atoms with E-state index in [4.69, 9.17) is 0 Å². The fraction of sp³-hybridized carbons (Fsp3) is 0.348. The predicted octanol–water partition coefficient (Wildman–Crippen LogP) is 4.09. The quantitative estimate of drug-likeness (QED) is 0.647. The Hall–Kier alpha value is -2.64. The molecule has 0 bridgehead atoms. The maximum absolute atomic E-state index is 12.9. The lowest BCUT2D eigenvalue weighted by molar-refractivity contribution is -0.120. The predicted molar refractivity (Wildman–Crippen MR) is 119 cm³/mol. The lowest BCUT2D eigenvalue weighted by Crippen LogP contribution is -2.43. The number of aryl methyl sites for hydroxylation is 1. The van der Waals surface area contributed by atoms with E-state index in [1.54, 1.807) is 30.3 Å². The number of amides is 1. The van der Waals surface area contributed by atoms with E-state index in [1.165, 1.54) is 4.31 Å².